The van der Waals surface area contributed by atoms with Crippen LogP contribution in [0.3, 0.4) is 0 Å². The largest absolute Gasteiger partial charge is 0.508 e. The smallest absolute Gasteiger partial charge is 0.119 e. The molecular weight excluding hydrogens is 212 g/mol. The van der Waals surface area contributed by atoms with E-state index in [2.05, 4.69) is 12.6 Å². The summed E-state index contributed by atoms with van der Waals surface area (Å²) in [5, 5.41) is 19.2. The van der Waals surface area contributed by atoms with Crippen LogP contribution in [0.1, 0.15) is 42.7 Å². The van der Waals surface area contributed by atoms with E-state index in [1.54, 1.807) is 6.07 Å². The van der Waals surface area contributed by atoms with Crippen molar-refractivity contribution >= 4 is 0 Å². The SMILES string of the molecule is C=CCc1cc(C2CCC(O)CC2)ccc1O. The second-order valence-corrected chi connectivity index (χ2v) is 4.89. The van der Waals surface area contributed by atoms with E-state index in [1.165, 1.54) is 5.56 Å². The molecule has 0 heterocycles. The molecule has 1 saturated carbocycles. The summed E-state index contributed by atoms with van der Waals surface area (Å²) in [5.74, 6) is 0.882. The van der Waals surface area contributed by atoms with Crippen LogP contribution in [0.5, 0.6) is 5.75 Å². The Kier molecular flexibility index (Phi) is 3.85. The number of rotatable bonds is 3. The Labute approximate surface area is 103 Å². The Balaban J connectivity index is 2.15. The van der Waals surface area contributed by atoms with Crippen molar-refractivity contribution in [1.29, 1.82) is 0 Å². The third-order valence-electron chi connectivity index (χ3n) is 3.64. The van der Waals surface area contributed by atoms with Gasteiger partial charge in [-0.25, -0.2) is 0 Å². The minimum Gasteiger partial charge on any atom is -0.508 e. The maximum Gasteiger partial charge on any atom is 0.119 e. The molecule has 0 spiro atoms. The number of aliphatic hydroxyl groups is 1. The molecule has 92 valence electrons. The van der Waals surface area contributed by atoms with Gasteiger partial charge in [0, 0.05) is 0 Å². The first-order valence-corrected chi connectivity index (χ1v) is 6.31. The van der Waals surface area contributed by atoms with Crippen LogP contribution in [0.2, 0.25) is 0 Å². The summed E-state index contributed by atoms with van der Waals surface area (Å²) in [6.45, 7) is 3.71. The number of allylic oxidation sites excluding steroid dienone is 1. The van der Waals surface area contributed by atoms with Crippen molar-refractivity contribution in [2.75, 3.05) is 0 Å². The molecule has 0 radical (unpaired) electrons. The van der Waals surface area contributed by atoms with E-state index in [0.29, 0.717) is 18.1 Å². The molecule has 2 heteroatoms. The first kappa shape index (κ1) is 12.2. The highest BCUT2D eigenvalue weighted by atomic mass is 16.3. The highest BCUT2D eigenvalue weighted by molar-refractivity contribution is 5.38. The van der Waals surface area contributed by atoms with Crippen LogP contribution < -0.4 is 0 Å². The van der Waals surface area contributed by atoms with Gasteiger partial charge in [-0.1, -0.05) is 18.2 Å². The highest BCUT2D eigenvalue weighted by Gasteiger charge is 2.21. The molecule has 17 heavy (non-hydrogen) atoms. The van der Waals surface area contributed by atoms with E-state index >= 15 is 0 Å². The van der Waals surface area contributed by atoms with Crippen LogP contribution in [0.4, 0.5) is 0 Å². The molecule has 2 N–H and O–H groups in total. The predicted octanol–water partition coefficient (Wildman–Crippen LogP) is 3.14. The molecule has 1 fully saturated rings. The van der Waals surface area contributed by atoms with E-state index < -0.39 is 0 Å². The molecule has 2 nitrogen and oxygen atoms in total. The van der Waals surface area contributed by atoms with Crippen LogP contribution in [0.15, 0.2) is 30.9 Å². The van der Waals surface area contributed by atoms with Gasteiger partial charge in [0.15, 0.2) is 0 Å². The number of benzene rings is 1. The zero-order valence-corrected chi connectivity index (χ0v) is 10.1. The molecule has 1 aliphatic rings. The molecule has 1 aliphatic carbocycles. The third-order valence-corrected chi connectivity index (χ3v) is 3.64. The van der Waals surface area contributed by atoms with Crippen LogP contribution in [0.25, 0.3) is 0 Å². The molecule has 0 aliphatic heterocycles. The molecular formula is C15H20O2. The van der Waals surface area contributed by atoms with Crippen molar-refractivity contribution in [2.45, 2.75) is 44.1 Å². The zero-order valence-electron chi connectivity index (χ0n) is 10.1. The third kappa shape index (κ3) is 2.89. The maximum absolute atomic E-state index is 9.72. The second-order valence-electron chi connectivity index (χ2n) is 4.89. The minimum atomic E-state index is -0.115. The van der Waals surface area contributed by atoms with Crippen molar-refractivity contribution in [1.82, 2.24) is 0 Å². The molecule has 0 bridgehead atoms. The average molecular weight is 232 g/mol. The van der Waals surface area contributed by atoms with Crippen LogP contribution in [-0.4, -0.2) is 16.3 Å². The summed E-state index contributed by atoms with van der Waals surface area (Å²) in [7, 11) is 0. The maximum atomic E-state index is 9.72. The zero-order chi connectivity index (χ0) is 12.3. The normalized spacial score (nSPS) is 24.5. The van der Waals surface area contributed by atoms with Gasteiger partial charge in [-0.2, -0.15) is 0 Å². The predicted molar refractivity (Wildman–Crippen MR) is 69.2 cm³/mol. The summed E-state index contributed by atoms with van der Waals surface area (Å²) in [6, 6.07) is 5.86. The Morgan fingerprint density at radius 1 is 1.24 bits per heavy atom. The number of hydrogen-bond acceptors (Lipinski definition) is 2. The van der Waals surface area contributed by atoms with Gasteiger partial charge in [0.2, 0.25) is 0 Å². The summed E-state index contributed by atoms with van der Waals surface area (Å²) in [5.41, 5.74) is 2.23. The van der Waals surface area contributed by atoms with Crippen molar-refractivity contribution in [3.05, 3.63) is 42.0 Å². The lowest BCUT2D eigenvalue weighted by Crippen LogP contribution is -2.17. The Morgan fingerprint density at radius 3 is 2.59 bits per heavy atom. The van der Waals surface area contributed by atoms with Gasteiger partial charge in [0.25, 0.3) is 0 Å². The molecule has 0 saturated heterocycles. The fourth-order valence-corrected chi connectivity index (χ4v) is 2.59. The lowest BCUT2D eigenvalue weighted by molar-refractivity contribution is 0.122. The lowest BCUT2D eigenvalue weighted by Gasteiger charge is -2.26. The Bertz CT molecular complexity index is 390. The van der Waals surface area contributed by atoms with E-state index in [0.717, 1.165) is 31.2 Å². The average Bonchev–Trinajstić information content (AvgIpc) is 2.33. The van der Waals surface area contributed by atoms with Gasteiger partial charge in [0.05, 0.1) is 6.10 Å². The van der Waals surface area contributed by atoms with E-state index in [1.807, 2.05) is 12.1 Å². The fourth-order valence-electron chi connectivity index (χ4n) is 2.59. The molecule has 2 rings (SSSR count). The van der Waals surface area contributed by atoms with Gasteiger partial charge in [-0.05, 0) is 55.2 Å². The minimum absolute atomic E-state index is 0.115. The molecule has 1 aromatic carbocycles. The summed E-state index contributed by atoms with van der Waals surface area (Å²) >= 11 is 0. The summed E-state index contributed by atoms with van der Waals surface area (Å²) < 4.78 is 0. The summed E-state index contributed by atoms with van der Waals surface area (Å²) in [4.78, 5) is 0. The molecule has 0 atom stereocenters. The second kappa shape index (κ2) is 5.37. The van der Waals surface area contributed by atoms with Crippen molar-refractivity contribution < 1.29 is 10.2 Å². The monoisotopic (exact) mass is 232 g/mol. The standard InChI is InChI=1S/C15H20O2/c1-2-3-13-10-12(6-9-15(13)17)11-4-7-14(16)8-5-11/h2,6,9-11,14,16-17H,1,3-5,7-8H2. The molecule has 1 aromatic rings. The van der Waals surface area contributed by atoms with Gasteiger partial charge in [0.1, 0.15) is 5.75 Å². The van der Waals surface area contributed by atoms with Crippen molar-refractivity contribution in [3.63, 3.8) is 0 Å². The fraction of sp³-hybridized carbons (Fsp3) is 0.467. The van der Waals surface area contributed by atoms with Crippen LogP contribution in [0, 0.1) is 0 Å². The van der Waals surface area contributed by atoms with Gasteiger partial charge >= 0.3 is 0 Å². The lowest BCUT2D eigenvalue weighted by atomic mass is 9.82. The molecule has 0 amide bonds. The van der Waals surface area contributed by atoms with Crippen LogP contribution in [-0.2, 0) is 6.42 Å². The number of aliphatic hydroxyl groups excluding tert-OH is 1. The highest BCUT2D eigenvalue weighted by Crippen LogP contribution is 2.34. The molecule has 0 unspecified atom stereocenters. The summed E-state index contributed by atoms with van der Waals surface area (Å²) in [6.07, 6.45) is 6.26. The molecule has 0 aromatic heterocycles. The number of phenolic OH excluding ortho intramolecular Hbond substituents is 1. The number of phenols is 1. The van der Waals surface area contributed by atoms with Gasteiger partial charge in [-0.15, -0.1) is 6.58 Å². The topological polar surface area (TPSA) is 40.5 Å². The number of aromatic hydroxyl groups is 1. The van der Waals surface area contributed by atoms with E-state index in [4.69, 9.17) is 0 Å². The quantitative estimate of drug-likeness (QED) is 0.786. The van der Waals surface area contributed by atoms with Crippen molar-refractivity contribution in [2.24, 2.45) is 0 Å². The first-order chi connectivity index (χ1) is 8.20. The van der Waals surface area contributed by atoms with E-state index in [9.17, 15) is 10.2 Å². The first-order valence-electron chi connectivity index (χ1n) is 6.31. The van der Waals surface area contributed by atoms with Crippen LogP contribution >= 0.6 is 0 Å². The van der Waals surface area contributed by atoms with E-state index in [-0.39, 0.29) is 6.10 Å². The van der Waals surface area contributed by atoms with Gasteiger partial charge in [-0.3, -0.25) is 0 Å². The number of hydrogen-bond donors (Lipinski definition) is 2. The van der Waals surface area contributed by atoms with Gasteiger partial charge < -0.3 is 10.2 Å². The Morgan fingerprint density at radius 2 is 1.94 bits per heavy atom. The Hall–Kier alpha value is -1.28. The van der Waals surface area contributed by atoms with Crippen molar-refractivity contribution in [3.8, 4) is 5.75 Å².